The largest absolute Gasteiger partial charge is 0.276 e. The highest BCUT2D eigenvalue weighted by Crippen LogP contribution is 2.25. The smallest absolute Gasteiger partial charge is 0.262 e. The van der Waals surface area contributed by atoms with Crippen LogP contribution in [-0.4, -0.2) is 18.2 Å². The van der Waals surface area contributed by atoms with Gasteiger partial charge in [-0.1, -0.05) is 6.07 Å². The van der Waals surface area contributed by atoms with Crippen molar-refractivity contribution >= 4 is 15.7 Å². The van der Waals surface area contributed by atoms with E-state index in [1.54, 1.807) is 30.1 Å². The fourth-order valence-corrected chi connectivity index (χ4v) is 3.48. The standard InChI is InChI=1S/C13H15N3O2S/c1-16-9-12(8-14-16)15-19(17,18)13-6-5-10-3-2-4-11(10)7-13/h5-9,15H,2-4H2,1H3. The van der Waals surface area contributed by atoms with Crippen molar-refractivity contribution in [1.29, 1.82) is 0 Å². The van der Waals surface area contributed by atoms with Gasteiger partial charge in [0.15, 0.2) is 0 Å². The zero-order valence-electron chi connectivity index (χ0n) is 10.6. The maximum absolute atomic E-state index is 12.3. The number of aromatic nitrogens is 2. The van der Waals surface area contributed by atoms with Crippen molar-refractivity contribution in [3.63, 3.8) is 0 Å². The Morgan fingerprint density at radius 3 is 2.79 bits per heavy atom. The highest BCUT2D eigenvalue weighted by molar-refractivity contribution is 7.92. The van der Waals surface area contributed by atoms with Crippen LogP contribution in [0.1, 0.15) is 17.5 Å². The van der Waals surface area contributed by atoms with E-state index in [2.05, 4.69) is 9.82 Å². The summed E-state index contributed by atoms with van der Waals surface area (Å²) < 4.78 is 28.6. The molecule has 0 radical (unpaired) electrons. The minimum Gasteiger partial charge on any atom is -0.276 e. The van der Waals surface area contributed by atoms with Crippen molar-refractivity contribution in [3.8, 4) is 0 Å². The lowest BCUT2D eigenvalue weighted by atomic mass is 10.1. The molecule has 0 atom stereocenters. The first-order valence-electron chi connectivity index (χ1n) is 6.18. The Kier molecular flexibility index (Phi) is 2.82. The molecule has 1 aliphatic carbocycles. The second-order valence-corrected chi connectivity index (χ2v) is 6.47. The van der Waals surface area contributed by atoms with Gasteiger partial charge in [-0.15, -0.1) is 0 Å². The molecule has 0 amide bonds. The number of sulfonamides is 1. The lowest BCUT2D eigenvalue weighted by Gasteiger charge is -2.07. The number of fused-ring (bicyclic) bond motifs is 1. The second-order valence-electron chi connectivity index (χ2n) is 4.79. The molecule has 5 nitrogen and oxygen atoms in total. The molecule has 1 heterocycles. The molecule has 100 valence electrons. The molecule has 0 saturated heterocycles. The van der Waals surface area contributed by atoms with Gasteiger partial charge in [-0.2, -0.15) is 5.10 Å². The third kappa shape index (κ3) is 2.35. The van der Waals surface area contributed by atoms with E-state index >= 15 is 0 Å². The number of hydrogen-bond donors (Lipinski definition) is 1. The van der Waals surface area contributed by atoms with Crippen molar-refractivity contribution < 1.29 is 8.42 Å². The molecule has 0 spiro atoms. The summed E-state index contributed by atoms with van der Waals surface area (Å²) in [6.45, 7) is 0. The predicted molar refractivity (Wildman–Crippen MR) is 72.5 cm³/mol. The van der Waals surface area contributed by atoms with Crippen molar-refractivity contribution in [3.05, 3.63) is 41.7 Å². The van der Waals surface area contributed by atoms with Gasteiger partial charge in [0.1, 0.15) is 0 Å². The van der Waals surface area contributed by atoms with E-state index in [-0.39, 0.29) is 0 Å². The summed E-state index contributed by atoms with van der Waals surface area (Å²) in [6, 6.07) is 5.37. The van der Waals surface area contributed by atoms with E-state index in [4.69, 9.17) is 0 Å². The van der Waals surface area contributed by atoms with Crippen molar-refractivity contribution in [1.82, 2.24) is 9.78 Å². The third-order valence-electron chi connectivity index (χ3n) is 3.34. The summed E-state index contributed by atoms with van der Waals surface area (Å²) in [6.07, 6.45) is 6.24. The van der Waals surface area contributed by atoms with Gasteiger partial charge < -0.3 is 0 Å². The number of nitrogens with zero attached hydrogens (tertiary/aromatic N) is 2. The number of anilines is 1. The van der Waals surface area contributed by atoms with Crippen molar-refractivity contribution in [2.24, 2.45) is 7.05 Å². The zero-order valence-corrected chi connectivity index (χ0v) is 11.4. The number of aryl methyl sites for hydroxylation is 3. The van der Waals surface area contributed by atoms with Gasteiger partial charge in [0.25, 0.3) is 10.0 Å². The molecule has 19 heavy (non-hydrogen) atoms. The van der Waals surface area contributed by atoms with Gasteiger partial charge in [0, 0.05) is 13.2 Å². The summed E-state index contributed by atoms with van der Waals surface area (Å²) in [7, 11) is -1.78. The van der Waals surface area contributed by atoms with Crippen molar-refractivity contribution in [2.75, 3.05) is 4.72 Å². The van der Waals surface area contributed by atoms with Crippen LogP contribution in [0.2, 0.25) is 0 Å². The molecular formula is C13H15N3O2S. The summed E-state index contributed by atoms with van der Waals surface area (Å²) in [5, 5.41) is 3.94. The average Bonchev–Trinajstić information content (AvgIpc) is 2.96. The highest BCUT2D eigenvalue weighted by Gasteiger charge is 2.18. The first-order valence-corrected chi connectivity index (χ1v) is 7.66. The van der Waals surface area contributed by atoms with E-state index in [0.717, 1.165) is 24.8 Å². The van der Waals surface area contributed by atoms with Crippen LogP contribution in [0.15, 0.2) is 35.5 Å². The van der Waals surface area contributed by atoms with Crippen molar-refractivity contribution in [2.45, 2.75) is 24.2 Å². The number of nitrogens with one attached hydrogen (secondary N) is 1. The molecule has 1 aliphatic rings. The summed E-state index contributed by atoms with van der Waals surface area (Å²) in [5.41, 5.74) is 2.89. The normalized spacial score (nSPS) is 14.4. The molecule has 0 fully saturated rings. The van der Waals surface area contributed by atoms with E-state index in [0.29, 0.717) is 10.6 Å². The van der Waals surface area contributed by atoms with E-state index in [9.17, 15) is 8.42 Å². The van der Waals surface area contributed by atoms with Gasteiger partial charge in [0.2, 0.25) is 0 Å². The Hall–Kier alpha value is -1.82. The van der Waals surface area contributed by atoms with E-state index in [1.807, 2.05) is 6.07 Å². The topological polar surface area (TPSA) is 64.0 Å². The fraction of sp³-hybridized carbons (Fsp3) is 0.308. The highest BCUT2D eigenvalue weighted by atomic mass is 32.2. The van der Waals surface area contributed by atoms with Crippen LogP contribution in [0.5, 0.6) is 0 Å². The summed E-state index contributed by atoms with van der Waals surface area (Å²) >= 11 is 0. The van der Waals surface area contributed by atoms with Crippen LogP contribution in [0.25, 0.3) is 0 Å². The Morgan fingerprint density at radius 2 is 2.05 bits per heavy atom. The number of hydrogen-bond acceptors (Lipinski definition) is 3. The third-order valence-corrected chi connectivity index (χ3v) is 4.72. The first kappa shape index (κ1) is 12.2. The minimum absolute atomic E-state index is 0.317. The van der Waals surface area contributed by atoms with Crippen LogP contribution in [0, 0.1) is 0 Å². The lowest BCUT2D eigenvalue weighted by molar-refractivity contribution is 0.601. The first-order chi connectivity index (χ1) is 9.04. The second kappa shape index (κ2) is 4.38. The zero-order chi connectivity index (χ0) is 13.5. The van der Waals surface area contributed by atoms with Gasteiger partial charge in [0.05, 0.1) is 16.8 Å². The van der Waals surface area contributed by atoms with E-state index in [1.165, 1.54) is 11.8 Å². The Balaban J connectivity index is 1.92. The molecule has 0 bridgehead atoms. The number of benzene rings is 1. The SMILES string of the molecule is Cn1cc(NS(=O)(=O)c2ccc3c(c2)CCC3)cn1. The molecule has 0 aliphatic heterocycles. The molecule has 0 unspecified atom stereocenters. The van der Waals surface area contributed by atoms with Crippen LogP contribution in [0.4, 0.5) is 5.69 Å². The van der Waals surface area contributed by atoms with Crippen LogP contribution >= 0.6 is 0 Å². The molecule has 3 rings (SSSR count). The van der Waals surface area contributed by atoms with Gasteiger partial charge in [-0.05, 0) is 42.5 Å². The summed E-state index contributed by atoms with van der Waals surface area (Å²) in [4.78, 5) is 0.317. The maximum Gasteiger partial charge on any atom is 0.262 e. The van der Waals surface area contributed by atoms with Gasteiger partial charge in [-0.25, -0.2) is 8.42 Å². The van der Waals surface area contributed by atoms with E-state index < -0.39 is 10.0 Å². The van der Waals surface area contributed by atoms with Crippen LogP contribution < -0.4 is 4.72 Å². The number of rotatable bonds is 3. The maximum atomic E-state index is 12.3. The molecule has 0 saturated carbocycles. The molecule has 1 N–H and O–H groups in total. The molecular weight excluding hydrogens is 262 g/mol. The Labute approximate surface area is 112 Å². The quantitative estimate of drug-likeness (QED) is 0.929. The Morgan fingerprint density at radius 1 is 1.26 bits per heavy atom. The average molecular weight is 277 g/mol. The van der Waals surface area contributed by atoms with Crippen LogP contribution in [-0.2, 0) is 29.9 Å². The minimum atomic E-state index is -3.52. The fourth-order valence-electron chi connectivity index (χ4n) is 2.40. The predicted octanol–water partition coefficient (Wildman–Crippen LogP) is 1.71. The lowest BCUT2D eigenvalue weighted by Crippen LogP contribution is -2.12. The van der Waals surface area contributed by atoms with Gasteiger partial charge >= 0.3 is 0 Å². The molecule has 1 aromatic heterocycles. The molecule has 2 aromatic rings. The van der Waals surface area contributed by atoms with Crippen LogP contribution in [0.3, 0.4) is 0 Å². The monoisotopic (exact) mass is 277 g/mol. The van der Waals surface area contributed by atoms with Gasteiger partial charge in [-0.3, -0.25) is 9.40 Å². The molecule has 1 aromatic carbocycles. The Bertz CT molecular complexity index is 719. The molecule has 6 heteroatoms. The summed E-state index contributed by atoms with van der Waals surface area (Å²) in [5.74, 6) is 0.